The number of nitriles is 1. The first kappa shape index (κ1) is 29.5. The molecule has 2 fully saturated rings. The van der Waals surface area contributed by atoms with Gasteiger partial charge in [-0.3, -0.25) is 4.79 Å². The Morgan fingerprint density at radius 2 is 1.62 bits per heavy atom. The summed E-state index contributed by atoms with van der Waals surface area (Å²) in [5.41, 5.74) is 5.11. The predicted molar refractivity (Wildman–Crippen MR) is 159 cm³/mol. The van der Waals surface area contributed by atoms with Crippen LogP contribution in [0.3, 0.4) is 0 Å². The van der Waals surface area contributed by atoms with E-state index < -0.39 is 20.7 Å². The molecule has 3 heterocycles. The number of aryl methyl sites for hydroxylation is 2. The van der Waals surface area contributed by atoms with Crippen molar-refractivity contribution in [1.29, 1.82) is 5.26 Å². The first-order chi connectivity index (χ1) is 20.1. The van der Waals surface area contributed by atoms with Crippen LogP contribution in [0, 0.1) is 36.9 Å². The number of carbonyl (C=O) groups is 1. The molecule has 11 heteroatoms. The quantitative estimate of drug-likeness (QED) is 0.464. The van der Waals surface area contributed by atoms with E-state index in [1.54, 1.807) is 9.80 Å². The smallest absolute Gasteiger partial charge is 0.272 e. The maximum absolute atomic E-state index is 14.4. The second-order valence-electron chi connectivity index (χ2n) is 11.1. The third-order valence-electron chi connectivity index (χ3n) is 8.31. The van der Waals surface area contributed by atoms with E-state index in [1.807, 2.05) is 44.2 Å². The van der Waals surface area contributed by atoms with E-state index in [2.05, 4.69) is 11.0 Å². The Hall–Kier alpha value is -4.01. The van der Waals surface area contributed by atoms with E-state index >= 15 is 0 Å². The van der Waals surface area contributed by atoms with Crippen LogP contribution in [0.15, 0.2) is 53.4 Å². The van der Waals surface area contributed by atoms with Gasteiger partial charge in [0.05, 0.1) is 16.9 Å². The van der Waals surface area contributed by atoms with Crippen molar-refractivity contribution in [2.75, 3.05) is 49.1 Å². The number of pyridine rings is 1. The second kappa shape index (κ2) is 12.1. The minimum atomic E-state index is -4.26. The molecule has 9 nitrogen and oxygen atoms in total. The number of para-hydroxylation sites is 1. The number of nitrogens with two attached hydrogens (primary N) is 1. The van der Waals surface area contributed by atoms with Crippen LogP contribution in [0.5, 0.6) is 0 Å². The predicted octanol–water partition coefficient (Wildman–Crippen LogP) is 3.78. The molecule has 1 amide bonds. The standard InChI is InChI=1S/C31H35FN6O3S/c1-21-18-22(2)29(35-26(21)19-23-10-12-36(13-11-23)27-8-4-3-6-24(27)20-33)31(39)38-16-14-37(15-17-38)28-9-5-7-25(32)30(28)42(34,40)41/h3-9,18,23H,10-17,19H2,1-2H3,(H2,34,40,41). The van der Waals surface area contributed by atoms with Crippen molar-refractivity contribution in [2.24, 2.45) is 11.1 Å². The molecule has 2 aliphatic heterocycles. The molecule has 2 aliphatic rings. The lowest BCUT2D eigenvalue weighted by atomic mass is 9.90. The summed E-state index contributed by atoms with van der Waals surface area (Å²) in [5, 5.41) is 14.8. The summed E-state index contributed by atoms with van der Waals surface area (Å²) in [6.45, 7) is 7.00. The van der Waals surface area contributed by atoms with Crippen molar-refractivity contribution >= 4 is 27.3 Å². The Morgan fingerprint density at radius 3 is 2.29 bits per heavy atom. The fraction of sp³-hybridized carbons (Fsp3) is 0.387. The molecule has 0 aliphatic carbocycles. The van der Waals surface area contributed by atoms with Crippen LogP contribution < -0.4 is 14.9 Å². The molecule has 0 radical (unpaired) electrons. The molecule has 0 unspecified atom stereocenters. The largest absolute Gasteiger partial charge is 0.370 e. The fourth-order valence-electron chi connectivity index (χ4n) is 6.03. The average molecular weight is 591 g/mol. The van der Waals surface area contributed by atoms with Crippen LogP contribution in [0.1, 0.15) is 45.7 Å². The summed E-state index contributed by atoms with van der Waals surface area (Å²) in [6.07, 6.45) is 2.73. The number of aromatic nitrogens is 1. The van der Waals surface area contributed by atoms with Gasteiger partial charge < -0.3 is 14.7 Å². The third kappa shape index (κ3) is 6.10. The number of carbonyl (C=O) groups excluding carboxylic acids is 1. The Labute approximate surface area is 246 Å². The number of hydrogen-bond donors (Lipinski definition) is 1. The van der Waals surface area contributed by atoms with Gasteiger partial charge in [0.15, 0.2) is 0 Å². The van der Waals surface area contributed by atoms with E-state index in [4.69, 9.17) is 10.1 Å². The zero-order chi connectivity index (χ0) is 30.0. The van der Waals surface area contributed by atoms with Crippen LogP contribution in [-0.4, -0.2) is 63.5 Å². The fourth-order valence-corrected chi connectivity index (χ4v) is 6.86. The van der Waals surface area contributed by atoms with E-state index in [0.717, 1.165) is 60.9 Å². The van der Waals surface area contributed by atoms with Gasteiger partial charge in [0.25, 0.3) is 5.91 Å². The molecular formula is C31H35FN6O3S. The van der Waals surface area contributed by atoms with Crippen molar-refractivity contribution in [3.63, 3.8) is 0 Å². The van der Waals surface area contributed by atoms with Gasteiger partial charge in [-0.25, -0.2) is 22.9 Å². The molecule has 0 saturated carbocycles. The normalized spacial score (nSPS) is 16.4. The first-order valence-corrected chi connectivity index (χ1v) is 15.7. The highest BCUT2D eigenvalue weighted by Gasteiger charge is 2.29. The number of piperidine rings is 1. The number of primary sulfonamides is 1. The highest BCUT2D eigenvalue weighted by Crippen LogP contribution is 2.30. The zero-order valence-electron chi connectivity index (χ0n) is 23.9. The van der Waals surface area contributed by atoms with E-state index in [9.17, 15) is 22.9 Å². The molecule has 2 N–H and O–H groups in total. The minimum absolute atomic E-state index is 0.165. The molecule has 1 aromatic heterocycles. The maximum atomic E-state index is 14.4. The van der Waals surface area contributed by atoms with E-state index in [-0.39, 0.29) is 11.6 Å². The summed E-state index contributed by atoms with van der Waals surface area (Å²) in [4.78, 5) is 23.7. The molecule has 0 atom stereocenters. The van der Waals surface area contributed by atoms with Crippen molar-refractivity contribution in [3.8, 4) is 6.07 Å². The van der Waals surface area contributed by atoms with Gasteiger partial charge in [-0.15, -0.1) is 0 Å². The Balaban J connectivity index is 1.25. The number of piperazine rings is 1. The number of rotatable bonds is 6. The molecule has 0 bridgehead atoms. The third-order valence-corrected chi connectivity index (χ3v) is 9.28. The van der Waals surface area contributed by atoms with Gasteiger partial charge >= 0.3 is 0 Å². The lowest BCUT2D eigenvalue weighted by Crippen LogP contribution is -2.49. The van der Waals surface area contributed by atoms with Crippen LogP contribution in [0.25, 0.3) is 0 Å². The average Bonchev–Trinajstić information content (AvgIpc) is 2.98. The van der Waals surface area contributed by atoms with Gasteiger partial charge in [0.2, 0.25) is 10.0 Å². The van der Waals surface area contributed by atoms with Gasteiger partial charge in [-0.2, -0.15) is 5.26 Å². The van der Waals surface area contributed by atoms with Gasteiger partial charge in [0, 0.05) is 45.0 Å². The van der Waals surface area contributed by atoms with Crippen molar-refractivity contribution in [2.45, 2.75) is 38.0 Å². The SMILES string of the molecule is Cc1cc(C)c(C(=O)N2CCN(c3cccc(F)c3S(N)(=O)=O)CC2)nc1CC1CCN(c2ccccc2C#N)CC1. The highest BCUT2D eigenvalue weighted by molar-refractivity contribution is 7.89. The van der Waals surface area contributed by atoms with Crippen LogP contribution in [-0.2, 0) is 16.4 Å². The van der Waals surface area contributed by atoms with Crippen LogP contribution in [0.4, 0.5) is 15.8 Å². The highest BCUT2D eigenvalue weighted by atomic mass is 32.2. The van der Waals surface area contributed by atoms with Crippen molar-refractivity contribution in [3.05, 3.63) is 82.4 Å². The summed E-state index contributed by atoms with van der Waals surface area (Å²) < 4.78 is 38.5. The molecule has 2 aromatic carbocycles. The van der Waals surface area contributed by atoms with Crippen molar-refractivity contribution < 1.29 is 17.6 Å². The zero-order valence-corrected chi connectivity index (χ0v) is 24.7. The molecule has 0 spiro atoms. The number of sulfonamides is 1. The summed E-state index contributed by atoms with van der Waals surface area (Å²) >= 11 is 0. The topological polar surface area (TPSA) is 124 Å². The molecule has 5 rings (SSSR count). The Kier molecular flexibility index (Phi) is 8.48. The van der Waals surface area contributed by atoms with E-state index in [1.165, 1.54) is 12.1 Å². The maximum Gasteiger partial charge on any atom is 0.272 e. The van der Waals surface area contributed by atoms with Gasteiger partial charge in [-0.05, 0) is 74.4 Å². The van der Waals surface area contributed by atoms with Gasteiger partial charge in [0.1, 0.15) is 22.5 Å². The molecular weight excluding hydrogens is 555 g/mol. The minimum Gasteiger partial charge on any atom is -0.370 e. The van der Waals surface area contributed by atoms with Gasteiger partial charge in [-0.1, -0.05) is 24.3 Å². The van der Waals surface area contributed by atoms with E-state index in [0.29, 0.717) is 43.4 Å². The van der Waals surface area contributed by atoms with Crippen molar-refractivity contribution in [1.82, 2.24) is 9.88 Å². The molecule has 220 valence electrons. The lowest BCUT2D eigenvalue weighted by Gasteiger charge is -2.37. The first-order valence-electron chi connectivity index (χ1n) is 14.1. The number of amides is 1. The molecule has 2 saturated heterocycles. The number of hydrogen-bond acceptors (Lipinski definition) is 7. The van der Waals surface area contributed by atoms with Crippen LogP contribution >= 0.6 is 0 Å². The molecule has 42 heavy (non-hydrogen) atoms. The Bertz CT molecular complexity index is 1640. The lowest BCUT2D eigenvalue weighted by molar-refractivity contribution is 0.0739. The molecule has 3 aromatic rings. The Morgan fingerprint density at radius 1 is 0.976 bits per heavy atom. The number of anilines is 2. The summed E-state index contributed by atoms with van der Waals surface area (Å²) in [7, 11) is -4.26. The van der Waals surface area contributed by atoms with Crippen LogP contribution in [0.2, 0.25) is 0 Å². The number of nitrogens with zero attached hydrogens (tertiary/aromatic N) is 5. The summed E-state index contributed by atoms with van der Waals surface area (Å²) in [6, 6.07) is 16.1. The summed E-state index contributed by atoms with van der Waals surface area (Å²) in [5.74, 6) is -0.629. The second-order valence-corrected chi connectivity index (χ2v) is 12.6. The number of benzene rings is 2. The number of halogens is 1. The monoisotopic (exact) mass is 590 g/mol.